The van der Waals surface area contributed by atoms with Gasteiger partial charge in [0.25, 0.3) is 0 Å². The number of benzene rings is 1. The Kier molecular flexibility index (Phi) is 41.6. The smallest absolute Gasteiger partial charge is 0.218 e. The Morgan fingerprint density at radius 3 is 1.42 bits per heavy atom. The average Bonchev–Trinajstić information content (AvgIpc) is 3.46. The molecule has 5 aliphatic heterocycles. The molecule has 0 radical (unpaired) electrons. The Labute approximate surface area is 503 Å². The SMILES string of the molecule is CC(=O)NC1COC(COS(=O)(=O)[O-])C[C@H]1O.CC(=O)NC1COC(COS(=O)(=O)[O-])C[C@H]1O.O.O.O.O.O=C([O-])C1CNC[C@H](O)C1.O=C([O-])C1C[C@@H](O)C(OS(=O)(=O)[O-])CO1.O=C([O-])C1OCC(OS(=O)(=O)[O-])[C@H](O)[C@@H]1OCCCc1ccccc1. The highest BCUT2D eigenvalue weighted by Gasteiger charge is 2.43. The van der Waals surface area contributed by atoms with Gasteiger partial charge in [0.15, 0.2) is 0 Å². The van der Waals surface area contributed by atoms with E-state index in [0.29, 0.717) is 32.4 Å². The van der Waals surface area contributed by atoms with Gasteiger partial charge in [0.05, 0.1) is 106 Å². The van der Waals surface area contributed by atoms with Gasteiger partial charge in [-0.25, -0.2) is 33.7 Å². The predicted octanol–water partition coefficient (Wildman–Crippen LogP) is -14.3. The summed E-state index contributed by atoms with van der Waals surface area (Å²) < 4.78 is 165. The van der Waals surface area contributed by atoms with Crippen molar-refractivity contribution in [3.05, 3.63) is 35.9 Å². The van der Waals surface area contributed by atoms with Crippen molar-refractivity contribution in [3.8, 4) is 0 Å². The molecule has 41 nitrogen and oxygen atoms in total. The number of aliphatic hydroxyl groups is 5. The van der Waals surface area contributed by atoms with Crippen LogP contribution in [0.3, 0.4) is 0 Å². The summed E-state index contributed by atoms with van der Waals surface area (Å²) in [5, 5.41) is 87.1. The van der Waals surface area contributed by atoms with Gasteiger partial charge < -0.3 is 135 Å². The minimum atomic E-state index is -5.09. The predicted molar refractivity (Wildman–Crippen MR) is 273 cm³/mol. The zero-order chi connectivity index (χ0) is 63.8. The number of piperidine rings is 1. The lowest BCUT2D eigenvalue weighted by Gasteiger charge is -2.40. The van der Waals surface area contributed by atoms with Crippen molar-refractivity contribution in [2.45, 2.75) is 138 Å². The van der Waals surface area contributed by atoms with Crippen LogP contribution in [-0.4, -0.2) is 274 Å². The Morgan fingerprint density at radius 1 is 0.580 bits per heavy atom. The van der Waals surface area contributed by atoms with Gasteiger partial charge in [0, 0.05) is 64.7 Å². The van der Waals surface area contributed by atoms with E-state index in [1.807, 2.05) is 30.3 Å². The first-order valence-electron chi connectivity index (χ1n) is 24.7. The fraction of sp³-hybridized carbons (Fsp3) is 0.744. The second-order valence-corrected chi connectivity index (χ2v) is 22.7. The zero-order valence-electron chi connectivity index (χ0n) is 46.4. The van der Waals surface area contributed by atoms with Crippen molar-refractivity contribution in [2.24, 2.45) is 5.92 Å². The van der Waals surface area contributed by atoms with Crippen molar-refractivity contribution in [1.29, 1.82) is 0 Å². The highest BCUT2D eigenvalue weighted by molar-refractivity contribution is 7.81. The summed E-state index contributed by atoms with van der Waals surface area (Å²) >= 11 is 0. The number of carboxylic acids is 3. The van der Waals surface area contributed by atoms with E-state index >= 15 is 0 Å². The molecule has 5 aliphatic rings. The summed E-state index contributed by atoms with van der Waals surface area (Å²) in [5.41, 5.74) is 1.06. The molecule has 0 spiro atoms. The van der Waals surface area contributed by atoms with Crippen LogP contribution in [0.4, 0.5) is 0 Å². The summed E-state index contributed by atoms with van der Waals surface area (Å²) in [7, 11) is -19.5. The summed E-state index contributed by atoms with van der Waals surface area (Å²) in [6.07, 6.45) is -12.7. The number of β-amino-alcohol motifs (C(OH)–C–C–N with tert-alkyl or cyclic N) is 1. The zero-order valence-corrected chi connectivity index (χ0v) is 49.6. The molecule has 0 aromatic heterocycles. The van der Waals surface area contributed by atoms with E-state index in [0.717, 1.165) is 5.56 Å². The van der Waals surface area contributed by atoms with Crippen molar-refractivity contribution in [2.75, 3.05) is 59.3 Å². The molecule has 16 N–H and O–H groups in total. The summed E-state index contributed by atoms with van der Waals surface area (Å²) in [6, 6.07) is 8.42. The first kappa shape index (κ1) is 87.7. The summed E-state index contributed by atoms with van der Waals surface area (Å²) in [5.74, 6) is -5.33. The van der Waals surface area contributed by atoms with E-state index in [1.54, 1.807) is 0 Å². The number of rotatable bonds is 20. The molecule has 88 heavy (non-hydrogen) atoms. The van der Waals surface area contributed by atoms with Crippen LogP contribution in [0.5, 0.6) is 0 Å². The van der Waals surface area contributed by atoms with E-state index in [2.05, 4.69) is 37.4 Å². The molecular weight excluding hydrogens is 1290 g/mol. The third-order valence-corrected chi connectivity index (χ3v) is 13.6. The van der Waals surface area contributed by atoms with Gasteiger partial charge in [-0.3, -0.25) is 26.3 Å². The van der Waals surface area contributed by atoms with Gasteiger partial charge >= 0.3 is 0 Å². The lowest BCUT2D eigenvalue weighted by molar-refractivity contribution is -0.329. The summed E-state index contributed by atoms with van der Waals surface area (Å²) in [4.78, 5) is 53.2. The molecule has 0 aliphatic carbocycles. The van der Waals surface area contributed by atoms with Crippen LogP contribution in [0.25, 0.3) is 0 Å². The molecule has 6 rings (SSSR count). The van der Waals surface area contributed by atoms with E-state index < -0.39 is 177 Å². The number of hydrogen-bond donors (Lipinski definition) is 8. The fourth-order valence-electron chi connectivity index (χ4n) is 7.87. The quantitative estimate of drug-likeness (QED) is 0.0341. The molecule has 518 valence electrons. The van der Waals surface area contributed by atoms with Crippen LogP contribution in [0.1, 0.15) is 51.5 Å². The van der Waals surface area contributed by atoms with Crippen LogP contribution in [0.15, 0.2) is 30.3 Å². The number of aliphatic carboxylic acids is 3. The molecule has 1 aromatic carbocycles. The lowest BCUT2D eigenvalue weighted by atomic mass is 9.98. The first-order valence-corrected chi connectivity index (χ1v) is 30.0. The van der Waals surface area contributed by atoms with Crippen LogP contribution in [-0.2, 0) is 112 Å². The molecule has 45 heteroatoms. The van der Waals surface area contributed by atoms with Gasteiger partial charge in [-0.2, -0.15) is 0 Å². The number of ether oxygens (including phenoxy) is 5. The van der Waals surface area contributed by atoms with Crippen molar-refractivity contribution in [3.63, 3.8) is 0 Å². The van der Waals surface area contributed by atoms with Gasteiger partial charge in [-0.05, 0) is 24.8 Å². The monoisotopic (exact) mass is 1370 g/mol. The number of carbonyl (C=O) groups excluding carboxylic acids is 5. The topological polar surface area (TPSA) is 730 Å². The molecule has 9 unspecified atom stereocenters. The largest absolute Gasteiger partial charge is 0.726 e. The highest BCUT2D eigenvalue weighted by Crippen LogP contribution is 2.23. The van der Waals surface area contributed by atoms with Crippen molar-refractivity contribution < 1.29 is 179 Å². The minimum absolute atomic E-state index is 0. The Morgan fingerprint density at radius 2 is 1.05 bits per heavy atom. The van der Waals surface area contributed by atoms with E-state index in [4.69, 9.17) is 24.1 Å². The minimum Gasteiger partial charge on any atom is -0.726 e. The lowest BCUT2D eigenvalue weighted by Crippen LogP contribution is -2.60. The number of carboxylic acid groups (broad SMARTS) is 3. The molecule has 15 atom stereocenters. The van der Waals surface area contributed by atoms with Gasteiger partial charge in [-0.15, -0.1) is 0 Å². The van der Waals surface area contributed by atoms with Crippen molar-refractivity contribution >= 4 is 71.3 Å². The molecule has 0 bridgehead atoms. The second kappa shape index (κ2) is 41.8. The molecule has 2 amide bonds. The number of hydrogen-bond acceptors (Lipinski definition) is 35. The average molecular weight is 1370 g/mol. The molecule has 0 saturated carbocycles. The Balaban J connectivity index is -0.00000104. The van der Waals surface area contributed by atoms with Crippen LogP contribution < -0.4 is 31.3 Å². The summed E-state index contributed by atoms with van der Waals surface area (Å²) in [6.45, 7) is 1.72. The Hall–Kier alpha value is -4.55. The van der Waals surface area contributed by atoms with Crippen LogP contribution >= 0.6 is 0 Å². The van der Waals surface area contributed by atoms with E-state index in [-0.39, 0.29) is 72.8 Å². The standard InChI is InChI=1S/C15H20O9S.2C8H15NO7S.C6H11NO3.C6H10O8S.4H2O/c16-12-11(24-25(19,20)21)9-23-14(15(17)18)13(12)22-8-4-7-10-5-2-1-3-6-10;2*1-5(10)9-7-4-15-6(2-8(7)11)3-16-17(12,13)14;8-5-1-4(6(9)10)2-7-3-5;7-3-1-4(6(8)9)13-2-5(3)14-15(10,11)12;;;;/h1-3,5-6,11-14,16H,4,7-9H2,(H,17,18)(H,19,20,21);2*6-8,11H,2-4H2,1H3,(H,9,10)(H,12,13,14);4-5,7-8H,1-3H2,(H,9,10);3-5,7H,1-2H2,(H,8,9)(H,10,11,12);4*1H2/p-7/t11?,12-,13-,14?;2*6?,7?,8-;4?,5-;3-,4?,5?;;;;/m01111..../s1. The van der Waals surface area contributed by atoms with Crippen LogP contribution in [0.2, 0.25) is 0 Å². The molecule has 5 saturated heterocycles. The maximum atomic E-state index is 11.1. The number of carbonyl (C=O) groups is 5. The Bertz CT molecular complexity index is 2610. The molecular formula is C43H72N3O38S4-7. The highest BCUT2D eigenvalue weighted by atomic mass is 32.3. The second-order valence-electron chi connectivity index (χ2n) is 18.6. The van der Waals surface area contributed by atoms with Gasteiger partial charge in [0.1, 0.15) is 30.5 Å². The first-order chi connectivity index (χ1) is 38.8. The van der Waals surface area contributed by atoms with Gasteiger partial charge in [0.2, 0.25) is 53.4 Å². The van der Waals surface area contributed by atoms with E-state index in [1.165, 1.54) is 13.8 Å². The van der Waals surface area contributed by atoms with Crippen LogP contribution in [0, 0.1) is 5.92 Å². The maximum absolute atomic E-state index is 11.1. The normalized spacial score (nSPS) is 28.6. The number of nitrogens with one attached hydrogen (secondary N) is 3. The number of aryl methyl sites for hydroxylation is 1. The third kappa shape index (κ3) is 37.6. The number of amides is 2. The third-order valence-electron chi connectivity index (χ3n) is 11.7. The maximum Gasteiger partial charge on any atom is 0.218 e. The molecule has 5 fully saturated rings. The molecule has 1 aromatic rings. The van der Waals surface area contributed by atoms with Gasteiger partial charge in [-0.1, -0.05) is 30.3 Å². The van der Waals surface area contributed by atoms with Crippen molar-refractivity contribution in [1.82, 2.24) is 16.0 Å². The number of aliphatic hydroxyl groups excluding tert-OH is 5. The molecule has 5 heterocycles. The fourth-order valence-corrected chi connectivity index (χ4v) is 9.46. The van der Waals surface area contributed by atoms with E-state index in [9.17, 15) is 112 Å².